The van der Waals surface area contributed by atoms with E-state index in [1.807, 2.05) is 0 Å². The maximum absolute atomic E-state index is 12.2. The first kappa shape index (κ1) is 11.3. The minimum Gasteiger partial charge on any atom is -0.490 e. The predicted molar refractivity (Wildman–Crippen MR) is 55.7 cm³/mol. The number of hydrogen-bond acceptors (Lipinski definition) is 3. The van der Waals surface area contributed by atoms with Gasteiger partial charge in [-0.15, -0.1) is 0 Å². The number of alkyl halides is 2. The number of nitrogens with one attached hydrogen (secondary N) is 1. The van der Waals surface area contributed by atoms with Crippen LogP contribution in [0.1, 0.15) is 25.5 Å². The highest BCUT2D eigenvalue weighted by Crippen LogP contribution is 2.21. The fraction of sp³-hybridized carbons (Fsp3) is 0.545. The molecule has 1 aliphatic rings. The topological polar surface area (TPSA) is 34.1 Å². The van der Waals surface area contributed by atoms with E-state index in [1.165, 1.54) is 18.3 Å². The highest BCUT2D eigenvalue weighted by molar-refractivity contribution is 5.20. The lowest BCUT2D eigenvalue weighted by atomic mass is 9.91. The third-order valence-electron chi connectivity index (χ3n) is 2.77. The SMILES string of the molecule is C[C@]1(COc2ccc(C(F)F)nc2)CCN1. The second kappa shape index (κ2) is 4.33. The molecule has 0 saturated carbocycles. The standard InChI is InChI=1S/C11H14F2N2O/c1-11(4-5-15-11)7-16-8-2-3-9(10(12)13)14-6-8/h2-3,6,10,15H,4-5,7H2,1H3/t11-/m1/s1. The molecule has 1 fully saturated rings. The van der Waals surface area contributed by atoms with Gasteiger partial charge in [0.1, 0.15) is 18.1 Å². The average molecular weight is 228 g/mol. The van der Waals surface area contributed by atoms with E-state index in [-0.39, 0.29) is 11.2 Å². The van der Waals surface area contributed by atoms with Gasteiger partial charge in [-0.1, -0.05) is 0 Å². The Hall–Kier alpha value is -1.23. The highest BCUT2D eigenvalue weighted by Gasteiger charge is 2.31. The summed E-state index contributed by atoms with van der Waals surface area (Å²) in [6.07, 6.45) is -0.126. The van der Waals surface area contributed by atoms with Gasteiger partial charge in [0.15, 0.2) is 0 Å². The third kappa shape index (κ3) is 2.47. The van der Waals surface area contributed by atoms with Crippen LogP contribution in [-0.4, -0.2) is 23.7 Å². The lowest BCUT2D eigenvalue weighted by Crippen LogP contribution is -2.58. The largest absolute Gasteiger partial charge is 0.490 e. The molecular formula is C11H14F2N2O. The third-order valence-corrected chi connectivity index (χ3v) is 2.77. The quantitative estimate of drug-likeness (QED) is 0.857. The normalized spacial score (nSPS) is 24.2. The molecule has 1 aromatic heterocycles. The minimum absolute atomic E-state index is 0.0153. The summed E-state index contributed by atoms with van der Waals surface area (Å²) in [5.41, 5.74) is -0.207. The van der Waals surface area contributed by atoms with Gasteiger partial charge in [-0.05, 0) is 32.0 Å². The van der Waals surface area contributed by atoms with Crippen LogP contribution in [0.25, 0.3) is 0 Å². The van der Waals surface area contributed by atoms with Crippen LogP contribution < -0.4 is 10.1 Å². The Morgan fingerprint density at radius 2 is 2.31 bits per heavy atom. The molecule has 5 heteroatoms. The lowest BCUT2D eigenvalue weighted by Gasteiger charge is -2.39. The summed E-state index contributed by atoms with van der Waals surface area (Å²) >= 11 is 0. The van der Waals surface area contributed by atoms with Crippen LogP contribution in [0.3, 0.4) is 0 Å². The molecule has 0 amide bonds. The molecule has 2 rings (SSSR count). The summed E-state index contributed by atoms with van der Waals surface area (Å²) in [7, 11) is 0. The fourth-order valence-corrected chi connectivity index (χ4v) is 1.52. The monoisotopic (exact) mass is 228 g/mol. The van der Waals surface area contributed by atoms with Crippen LogP contribution in [0, 0.1) is 0 Å². The van der Waals surface area contributed by atoms with Gasteiger partial charge in [-0.2, -0.15) is 0 Å². The smallest absolute Gasteiger partial charge is 0.280 e. The Bertz CT molecular complexity index is 350. The molecule has 0 aliphatic carbocycles. The van der Waals surface area contributed by atoms with Crippen LogP contribution in [-0.2, 0) is 0 Å². The van der Waals surface area contributed by atoms with Crippen molar-refractivity contribution in [1.82, 2.24) is 10.3 Å². The van der Waals surface area contributed by atoms with Crippen molar-refractivity contribution in [2.24, 2.45) is 0 Å². The van der Waals surface area contributed by atoms with Crippen LogP contribution >= 0.6 is 0 Å². The van der Waals surface area contributed by atoms with Crippen molar-refractivity contribution in [2.45, 2.75) is 25.3 Å². The molecular weight excluding hydrogens is 214 g/mol. The second-order valence-corrected chi connectivity index (χ2v) is 4.25. The number of rotatable bonds is 4. The van der Waals surface area contributed by atoms with E-state index in [9.17, 15) is 8.78 Å². The van der Waals surface area contributed by atoms with Crippen LogP contribution in [0.4, 0.5) is 8.78 Å². The molecule has 0 aromatic carbocycles. The van der Waals surface area contributed by atoms with E-state index in [0.29, 0.717) is 12.4 Å². The highest BCUT2D eigenvalue weighted by atomic mass is 19.3. The van der Waals surface area contributed by atoms with Crippen molar-refractivity contribution >= 4 is 0 Å². The van der Waals surface area contributed by atoms with Gasteiger partial charge in [0.05, 0.1) is 11.7 Å². The lowest BCUT2D eigenvalue weighted by molar-refractivity contribution is 0.131. The Morgan fingerprint density at radius 3 is 2.75 bits per heavy atom. The zero-order chi connectivity index (χ0) is 11.6. The summed E-state index contributed by atoms with van der Waals surface area (Å²) in [5, 5.41) is 3.26. The molecule has 1 aliphatic heterocycles. The van der Waals surface area contributed by atoms with Gasteiger partial charge >= 0.3 is 0 Å². The molecule has 16 heavy (non-hydrogen) atoms. The van der Waals surface area contributed by atoms with E-state index in [2.05, 4.69) is 17.2 Å². The Kier molecular flexibility index (Phi) is 3.05. The van der Waals surface area contributed by atoms with E-state index in [0.717, 1.165) is 13.0 Å². The molecule has 1 aromatic rings. The molecule has 0 radical (unpaired) electrons. The van der Waals surface area contributed by atoms with E-state index in [4.69, 9.17) is 4.74 Å². The zero-order valence-electron chi connectivity index (χ0n) is 9.04. The molecule has 0 spiro atoms. The predicted octanol–water partition coefficient (Wildman–Crippen LogP) is 2.15. The Morgan fingerprint density at radius 1 is 1.56 bits per heavy atom. The van der Waals surface area contributed by atoms with Gasteiger partial charge in [0, 0.05) is 0 Å². The van der Waals surface area contributed by atoms with E-state index < -0.39 is 6.43 Å². The summed E-state index contributed by atoms with van der Waals surface area (Å²) < 4.78 is 29.9. The number of hydrogen-bond donors (Lipinski definition) is 1. The average Bonchev–Trinajstić information content (AvgIpc) is 2.24. The number of pyridine rings is 1. The number of nitrogens with zero attached hydrogens (tertiary/aromatic N) is 1. The van der Waals surface area contributed by atoms with Gasteiger partial charge in [-0.25, -0.2) is 8.78 Å². The van der Waals surface area contributed by atoms with Crippen molar-refractivity contribution in [1.29, 1.82) is 0 Å². The van der Waals surface area contributed by atoms with Gasteiger partial charge in [0.2, 0.25) is 0 Å². The summed E-state index contributed by atoms with van der Waals surface area (Å²) in [5.74, 6) is 0.527. The second-order valence-electron chi connectivity index (χ2n) is 4.25. The van der Waals surface area contributed by atoms with Crippen LogP contribution in [0.2, 0.25) is 0 Å². The van der Waals surface area contributed by atoms with Gasteiger partial charge in [0.25, 0.3) is 6.43 Å². The maximum atomic E-state index is 12.2. The number of halogens is 2. The van der Waals surface area contributed by atoms with Crippen molar-refractivity contribution in [3.05, 3.63) is 24.0 Å². The molecule has 1 atom stereocenters. The Labute approximate surface area is 92.8 Å². The van der Waals surface area contributed by atoms with Crippen molar-refractivity contribution < 1.29 is 13.5 Å². The first-order valence-electron chi connectivity index (χ1n) is 5.21. The number of aromatic nitrogens is 1. The minimum atomic E-state index is -2.53. The van der Waals surface area contributed by atoms with E-state index in [1.54, 1.807) is 0 Å². The van der Waals surface area contributed by atoms with Crippen molar-refractivity contribution in [3.8, 4) is 5.75 Å². The molecule has 3 nitrogen and oxygen atoms in total. The van der Waals surface area contributed by atoms with Crippen molar-refractivity contribution in [2.75, 3.05) is 13.2 Å². The van der Waals surface area contributed by atoms with Gasteiger partial charge in [-0.3, -0.25) is 4.98 Å². The fourth-order valence-electron chi connectivity index (χ4n) is 1.52. The molecule has 1 N–H and O–H groups in total. The Balaban J connectivity index is 1.90. The maximum Gasteiger partial charge on any atom is 0.280 e. The summed E-state index contributed by atoms with van der Waals surface area (Å²) in [4.78, 5) is 3.63. The van der Waals surface area contributed by atoms with Crippen molar-refractivity contribution in [3.63, 3.8) is 0 Å². The van der Waals surface area contributed by atoms with E-state index >= 15 is 0 Å². The molecule has 2 heterocycles. The molecule has 0 unspecified atom stereocenters. The first-order valence-corrected chi connectivity index (χ1v) is 5.21. The molecule has 88 valence electrons. The van der Waals surface area contributed by atoms with Gasteiger partial charge < -0.3 is 10.1 Å². The summed E-state index contributed by atoms with van der Waals surface area (Å²) in [6.45, 7) is 3.60. The van der Waals surface area contributed by atoms with Crippen LogP contribution in [0.15, 0.2) is 18.3 Å². The number of ether oxygens (including phenoxy) is 1. The van der Waals surface area contributed by atoms with Crippen LogP contribution in [0.5, 0.6) is 5.75 Å². The summed E-state index contributed by atoms with van der Waals surface area (Å²) in [6, 6.07) is 2.81. The molecule has 0 bridgehead atoms. The zero-order valence-corrected chi connectivity index (χ0v) is 9.04. The molecule has 1 saturated heterocycles. The first-order chi connectivity index (χ1) is 7.59.